The van der Waals surface area contributed by atoms with Crippen molar-refractivity contribution in [3.05, 3.63) is 69.4 Å². The number of ether oxygens (including phenoxy) is 1. The molecule has 1 aromatic carbocycles. The molecule has 1 aliphatic rings. The monoisotopic (exact) mass is 391 g/mol. The van der Waals surface area contributed by atoms with Gasteiger partial charge in [0.25, 0.3) is 5.56 Å². The molecule has 3 aromatic heterocycles. The van der Waals surface area contributed by atoms with Gasteiger partial charge in [-0.3, -0.25) is 9.36 Å². The number of benzene rings is 1. The Kier molecular flexibility index (Phi) is 3.89. The van der Waals surface area contributed by atoms with E-state index in [9.17, 15) is 4.79 Å². The molecule has 0 spiro atoms. The van der Waals surface area contributed by atoms with E-state index >= 15 is 0 Å². The minimum atomic E-state index is -0.232. The lowest BCUT2D eigenvalue weighted by molar-refractivity contribution is -0.0400. The minimum absolute atomic E-state index is 0.00502. The van der Waals surface area contributed by atoms with Gasteiger partial charge < -0.3 is 4.74 Å². The van der Waals surface area contributed by atoms with E-state index in [1.54, 1.807) is 10.9 Å². The summed E-state index contributed by atoms with van der Waals surface area (Å²) in [6.07, 6.45) is 2.46. The van der Waals surface area contributed by atoms with Crippen molar-refractivity contribution >= 4 is 31.8 Å². The molecule has 0 saturated carbocycles. The topological polar surface area (TPSA) is 57.0 Å². The first-order valence-corrected chi connectivity index (χ1v) is 10.2. The van der Waals surface area contributed by atoms with Gasteiger partial charge in [-0.2, -0.15) is 0 Å². The summed E-state index contributed by atoms with van der Waals surface area (Å²) in [4.78, 5) is 23.5. The number of nitrogens with zero attached hydrogens (tertiary/aromatic N) is 3. The van der Waals surface area contributed by atoms with Crippen LogP contribution < -0.4 is 5.56 Å². The molecule has 142 valence electrons. The maximum atomic E-state index is 13.2. The van der Waals surface area contributed by atoms with E-state index in [-0.39, 0.29) is 11.2 Å². The van der Waals surface area contributed by atoms with Gasteiger partial charge in [0.2, 0.25) is 0 Å². The van der Waals surface area contributed by atoms with Crippen molar-refractivity contribution in [1.82, 2.24) is 14.5 Å². The zero-order valence-electron chi connectivity index (χ0n) is 16.2. The quantitative estimate of drug-likeness (QED) is 0.513. The lowest BCUT2D eigenvalue weighted by Gasteiger charge is -2.32. The normalized spacial score (nSPS) is 15.8. The fourth-order valence-corrected chi connectivity index (χ4v) is 5.11. The highest BCUT2D eigenvalue weighted by molar-refractivity contribution is 7.25. The van der Waals surface area contributed by atoms with Crippen molar-refractivity contribution in [3.63, 3.8) is 0 Å². The second-order valence-corrected chi connectivity index (χ2v) is 9.00. The van der Waals surface area contributed by atoms with Gasteiger partial charge in [0.1, 0.15) is 9.53 Å². The van der Waals surface area contributed by atoms with Crippen LogP contribution in [-0.4, -0.2) is 20.1 Å². The molecule has 4 aromatic rings. The average molecular weight is 391 g/mol. The van der Waals surface area contributed by atoms with E-state index in [1.807, 2.05) is 37.3 Å². The summed E-state index contributed by atoms with van der Waals surface area (Å²) in [7, 11) is 0. The Morgan fingerprint density at radius 3 is 2.79 bits per heavy atom. The number of hydrogen-bond acceptors (Lipinski definition) is 5. The SMILES string of the molecule is Cc1nc2sc3c(=O)n(Cc4ccccc4)cnc3c2c2c1COC(C)(C)C2. The molecule has 0 N–H and O–H groups in total. The Balaban J connectivity index is 1.73. The summed E-state index contributed by atoms with van der Waals surface area (Å²) >= 11 is 1.45. The third-order valence-electron chi connectivity index (χ3n) is 5.42. The van der Waals surface area contributed by atoms with Crippen molar-refractivity contribution in [3.8, 4) is 0 Å². The first-order valence-electron chi connectivity index (χ1n) is 9.41. The second kappa shape index (κ2) is 6.22. The van der Waals surface area contributed by atoms with E-state index in [0.717, 1.165) is 39.0 Å². The molecule has 28 heavy (non-hydrogen) atoms. The zero-order valence-corrected chi connectivity index (χ0v) is 17.0. The van der Waals surface area contributed by atoms with Crippen molar-refractivity contribution in [2.75, 3.05) is 0 Å². The number of hydrogen-bond donors (Lipinski definition) is 0. The van der Waals surface area contributed by atoms with Crippen LogP contribution >= 0.6 is 11.3 Å². The molecule has 0 saturated heterocycles. The molecule has 0 bridgehead atoms. The minimum Gasteiger partial charge on any atom is -0.370 e. The molecule has 0 fully saturated rings. The van der Waals surface area contributed by atoms with Crippen molar-refractivity contribution in [1.29, 1.82) is 0 Å². The van der Waals surface area contributed by atoms with E-state index in [2.05, 4.69) is 13.8 Å². The van der Waals surface area contributed by atoms with E-state index in [0.29, 0.717) is 17.9 Å². The third kappa shape index (κ3) is 2.75. The predicted octanol–water partition coefficient (Wildman–Crippen LogP) is 4.21. The van der Waals surface area contributed by atoms with Crippen LogP contribution in [0.1, 0.15) is 36.2 Å². The molecule has 0 radical (unpaired) electrons. The fourth-order valence-electron chi connectivity index (χ4n) is 3.95. The average Bonchev–Trinajstić information content (AvgIpc) is 3.03. The molecule has 6 heteroatoms. The molecule has 0 unspecified atom stereocenters. The lowest BCUT2D eigenvalue weighted by Crippen LogP contribution is -2.32. The molecular weight excluding hydrogens is 370 g/mol. The van der Waals surface area contributed by atoms with E-state index < -0.39 is 0 Å². The van der Waals surface area contributed by atoms with Gasteiger partial charge in [-0.05, 0) is 31.9 Å². The molecule has 5 rings (SSSR count). The van der Waals surface area contributed by atoms with Gasteiger partial charge in [0, 0.05) is 23.1 Å². The predicted molar refractivity (Wildman–Crippen MR) is 112 cm³/mol. The molecule has 0 amide bonds. The fraction of sp³-hybridized carbons (Fsp3) is 0.318. The maximum absolute atomic E-state index is 13.2. The Morgan fingerprint density at radius 2 is 2.00 bits per heavy atom. The van der Waals surface area contributed by atoms with Gasteiger partial charge in [0.15, 0.2) is 0 Å². The van der Waals surface area contributed by atoms with Crippen LogP contribution in [0.5, 0.6) is 0 Å². The highest BCUT2D eigenvalue weighted by Gasteiger charge is 2.30. The molecule has 5 nitrogen and oxygen atoms in total. The highest BCUT2D eigenvalue weighted by atomic mass is 32.1. The molecule has 0 aliphatic carbocycles. The molecule has 4 heterocycles. The third-order valence-corrected chi connectivity index (χ3v) is 6.48. The number of aromatic nitrogens is 3. The summed E-state index contributed by atoms with van der Waals surface area (Å²) in [5.74, 6) is 0. The Hall–Kier alpha value is -2.57. The zero-order chi connectivity index (χ0) is 19.5. The smallest absolute Gasteiger partial charge is 0.271 e. The summed E-state index contributed by atoms with van der Waals surface area (Å²) in [5.41, 5.74) is 4.97. The standard InChI is InChI=1S/C22H21N3O2S/c1-13-16-11-27-22(2,3)9-15(16)17-18-19(28-20(17)24-13)21(26)25(12-23-18)10-14-7-5-4-6-8-14/h4-8,12H,9-11H2,1-3H3. The van der Waals surface area contributed by atoms with Gasteiger partial charge >= 0.3 is 0 Å². The van der Waals surface area contributed by atoms with Crippen molar-refractivity contribution in [2.24, 2.45) is 0 Å². The summed E-state index contributed by atoms with van der Waals surface area (Å²) in [6.45, 7) is 7.30. The second-order valence-electron chi connectivity index (χ2n) is 8.00. The largest absolute Gasteiger partial charge is 0.370 e. The van der Waals surface area contributed by atoms with Crippen LogP contribution in [-0.2, 0) is 24.3 Å². The van der Waals surface area contributed by atoms with Crippen LogP contribution in [0, 0.1) is 6.92 Å². The van der Waals surface area contributed by atoms with Crippen LogP contribution in [0.4, 0.5) is 0 Å². The van der Waals surface area contributed by atoms with Crippen LogP contribution in [0.25, 0.3) is 20.4 Å². The summed E-state index contributed by atoms with van der Waals surface area (Å²) in [6, 6.07) is 9.97. The molecule has 1 aliphatic heterocycles. The van der Waals surface area contributed by atoms with Crippen molar-refractivity contribution in [2.45, 2.75) is 45.9 Å². The lowest BCUT2D eigenvalue weighted by atomic mass is 9.89. The number of rotatable bonds is 2. The van der Waals surface area contributed by atoms with Crippen LogP contribution in [0.2, 0.25) is 0 Å². The maximum Gasteiger partial charge on any atom is 0.271 e. The number of thiophene rings is 1. The Labute approximate surface area is 166 Å². The summed E-state index contributed by atoms with van der Waals surface area (Å²) < 4.78 is 8.36. The Bertz CT molecular complexity index is 1270. The first kappa shape index (κ1) is 17.5. The van der Waals surface area contributed by atoms with Crippen LogP contribution in [0.15, 0.2) is 41.5 Å². The number of aryl methyl sites for hydroxylation is 1. The van der Waals surface area contributed by atoms with Gasteiger partial charge in [-0.25, -0.2) is 9.97 Å². The van der Waals surface area contributed by atoms with Crippen LogP contribution in [0.3, 0.4) is 0 Å². The Morgan fingerprint density at radius 1 is 1.21 bits per heavy atom. The summed E-state index contributed by atoms with van der Waals surface area (Å²) in [5, 5.41) is 1.03. The van der Waals surface area contributed by atoms with Crippen molar-refractivity contribution < 1.29 is 4.74 Å². The van der Waals surface area contributed by atoms with Gasteiger partial charge in [0.05, 0.1) is 30.6 Å². The molecular formula is C22H21N3O2S. The molecule has 0 atom stereocenters. The van der Waals surface area contributed by atoms with E-state index in [1.165, 1.54) is 16.9 Å². The van der Waals surface area contributed by atoms with E-state index in [4.69, 9.17) is 14.7 Å². The highest BCUT2D eigenvalue weighted by Crippen LogP contribution is 2.39. The van der Waals surface area contributed by atoms with Gasteiger partial charge in [-0.1, -0.05) is 30.3 Å². The number of fused-ring (bicyclic) bond motifs is 5. The first-order chi connectivity index (χ1) is 13.4. The number of pyridine rings is 1. The van der Waals surface area contributed by atoms with Gasteiger partial charge in [-0.15, -0.1) is 11.3 Å².